The van der Waals surface area contributed by atoms with E-state index in [4.69, 9.17) is 0 Å². The highest BCUT2D eigenvalue weighted by Gasteiger charge is 2.17. The van der Waals surface area contributed by atoms with E-state index in [1.54, 1.807) is 0 Å². The number of carbonyl (C=O) groups excluding carboxylic acids is 1. The molecular weight excluding hydrogens is 254 g/mol. The van der Waals surface area contributed by atoms with Gasteiger partial charge in [0.1, 0.15) is 0 Å². The molecule has 2 rings (SSSR count). The van der Waals surface area contributed by atoms with Crippen molar-refractivity contribution in [2.24, 2.45) is 0 Å². The van der Waals surface area contributed by atoms with E-state index in [0.717, 1.165) is 34.1 Å². The normalized spacial score (nSPS) is 14.8. The lowest BCUT2D eigenvalue weighted by Crippen LogP contribution is -2.13. The molecule has 0 unspecified atom stereocenters. The highest BCUT2D eigenvalue weighted by molar-refractivity contribution is 9.08. The van der Waals surface area contributed by atoms with Gasteiger partial charge in [-0.05, 0) is 29.2 Å². The van der Waals surface area contributed by atoms with Crippen LogP contribution in [0.1, 0.15) is 30.2 Å². The van der Waals surface area contributed by atoms with Gasteiger partial charge in [0.05, 0.1) is 5.69 Å². The number of Topliss-reactive ketones (excluding diaryl/α,β-unsaturated/α-hetero) is 1. The van der Waals surface area contributed by atoms with Crippen molar-refractivity contribution in [2.45, 2.75) is 25.1 Å². The molecule has 1 heterocycles. The van der Waals surface area contributed by atoms with Crippen LogP contribution in [0.3, 0.4) is 0 Å². The predicted octanol–water partition coefficient (Wildman–Crippen LogP) is 2.90. The number of hydrogen-bond acceptors (Lipinski definition) is 2. The first-order valence-corrected chi connectivity index (χ1v) is 6.14. The zero-order valence-electron chi connectivity index (χ0n) is 8.59. The molecule has 1 aliphatic carbocycles. The van der Waals surface area contributed by atoms with Crippen molar-refractivity contribution < 1.29 is 4.79 Å². The summed E-state index contributed by atoms with van der Waals surface area (Å²) in [4.78, 5) is 16.0. The quantitative estimate of drug-likeness (QED) is 0.770. The number of allylic oxidation sites excluding steroid dienone is 1. The van der Waals surface area contributed by atoms with Crippen molar-refractivity contribution in [3.8, 4) is 0 Å². The summed E-state index contributed by atoms with van der Waals surface area (Å²) in [5.41, 5.74) is 4.02. The molecule has 3 heteroatoms. The standard InChI is InChI=1S/C12H12BrNO/c1-2-9-4-11-10(5-12(9)15)3-8(6-13)7-14-11/h3-4,7H,2,5-6H2,1H3. The van der Waals surface area contributed by atoms with Crippen LogP contribution >= 0.6 is 15.9 Å². The fourth-order valence-corrected chi connectivity index (χ4v) is 2.05. The largest absolute Gasteiger partial charge is 0.294 e. The Balaban J connectivity index is 2.45. The number of aromatic nitrogens is 1. The van der Waals surface area contributed by atoms with E-state index in [0.29, 0.717) is 6.42 Å². The van der Waals surface area contributed by atoms with Gasteiger partial charge < -0.3 is 0 Å². The fraction of sp³-hybridized carbons (Fsp3) is 0.333. The molecule has 1 aliphatic rings. The third kappa shape index (κ3) is 2.02. The number of nitrogens with zero attached hydrogens (tertiary/aromatic N) is 1. The van der Waals surface area contributed by atoms with Crippen LogP contribution < -0.4 is 0 Å². The number of pyridine rings is 1. The fourth-order valence-electron chi connectivity index (χ4n) is 1.75. The molecule has 0 radical (unpaired) electrons. The van der Waals surface area contributed by atoms with Gasteiger partial charge in [-0.25, -0.2) is 0 Å². The van der Waals surface area contributed by atoms with Crippen LogP contribution in [0.4, 0.5) is 0 Å². The second kappa shape index (κ2) is 4.27. The van der Waals surface area contributed by atoms with Crippen molar-refractivity contribution in [1.29, 1.82) is 0 Å². The summed E-state index contributed by atoms with van der Waals surface area (Å²) in [5.74, 6) is 0.235. The first-order valence-electron chi connectivity index (χ1n) is 5.02. The molecule has 0 saturated carbocycles. The lowest BCUT2D eigenvalue weighted by Gasteiger charge is -2.14. The van der Waals surface area contributed by atoms with E-state index in [1.807, 2.05) is 19.2 Å². The summed E-state index contributed by atoms with van der Waals surface area (Å²) in [6, 6.07) is 2.05. The van der Waals surface area contributed by atoms with Crippen molar-refractivity contribution >= 4 is 27.8 Å². The second-order valence-corrected chi connectivity index (χ2v) is 4.21. The molecule has 0 amide bonds. The van der Waals surface area contributed by atoms with E-state index in [1.165, 1.54) is 0 Å². The average molecular weight is 266 g/mol. The Bertz CT molecular complexity index is 437. The highest BCUT2D eigenvalue weighted by atomic mass is 79.9. The lowest BCUT2D eigenvalue weighted by molar-refractivity contribution is -0.115. The van der Waals surface area contributed by atoms with Crippen LogP contribution in [0.5, 0.6) is 0 Å². The van der Waals surface area contributed by atoms with Crippen LogP contribution in [0.25, 0.3) is 6.08 Å². The number of rotatable bonds is 2. The predicted molar refractivity (Wildman–Crippen MR) is 63.8 cm³/mol. The number of hydrogen-bond donors (Lipinski definition) is 0. The van der Waals surface area contributed by atoms with Gasteiger partial charge in [-0.1, -0.05) is 28.9 Å². The van der Waals surface area contributed by atoms with Crippen molar-refractivity contribution in [3.05, 3.63) is 34.7 Å². The SMILES string of the molecule is CCC1=Cc2ncc(CBr)cc2CC1=O. The summed E-state index contributed by atoms with van der Waals surface area (Å²) in [5, 5.41) is 0.784. The Morgan fingerprint density at radius 2 is 2.33 bits per heavy atom. The molecule has 0 fully saturated rings. The molecule has 0 saturated heterocycles. The Morgan fingerprint density at radius 3 is 3.00 bits per heavy atom. The van der Waals surface area contributed by atoms with Gasteiger partial charge in [-0.3, -0.25) is 9.78 Å². The summed E-state index contributed by atoms with van der Waals surface area (Å²) < 4.78 is 0. The maximum absolute atomic E-state index is 11.7. The third-order valence-electron chi connectivity index (χ3n) is 2.61. The minimum absolute atomic E-state index is 0.235. The summed E-state index contributed by atoms with van der Waals surface area (Å²) >= 11 is 3.39. The summed E-state index contributed by atoms with van der Waals surface area (Å²) in [6.45, 7) is 2.00. The Kier molecular flexibility index (Phi) is 3.00. The van der Waals surface area contributed by atoms with E-state index in [9.17, 15) is 4.79 Å². The maximum atomic E-state index is 11.7. The van der Waals surface area contributed by atoms with Gasteiger partial charge in [0, 0.05) is 17.9 Å². The second-order valence-electron chi connectivity index (χ2n) is 3.64. The van der Waals surface area contributed by atoms with E-state index in [-0.39, 0.29) is 5.78 Å². The third-order valence-corrected chi connectivity index (χ3v) is 3.26. The molecule has 15 heavy (non-hydrogen) atoms. The first-order chi connectivity index (χ1) is 7.24. The molecule has 0 atom stereocenters. The van der Waals surface area contributed by atoms with Gasteiger partial charge in [0.15, 0.2) is 5.78 Å². The maximum Gasteiger partial charge on any atom is 0.163 e. The van der Waals surface area contributed by atoms with Crippen molar-refractivity contribution in [2.75, 3.05) is 0 Å². The molecule has 0 bridgehead atoms. The van der Waals surface area contributed by atoms with Crippen LogP contribution in [0.15, 0.2) is 17.8 Å². The number of carbonyl (C=O) groups is 1. The van der Waals surface area contributed by atoms with Gasteiger partial charge in [-0.2, -0.15) is 0 Å². The van der Waals surface area contributed by atoms with Gasteiger partial charge >= 0.3 is 0 Å². The van der Waals surface area contributed by atoms with E-state index < -0.39 is 0 Å². The van der Waals surface area contributed by atoms with Gasteiger partial charge in [0.25, 0.3) is 0 Å². The van der Waals surface area contributed by atoms with Crippen LogP contribution in [0, 0.1) is 0 Å². The number of ketones is 1. The monoisotopic (exact) mass is 265 g/mol. The van der Waals surface area contributed by atoms with E-state index in [2.05, 4.69) is 27.0 Å². The highest BCUT2D eigenvalue weighted by Crippen LogP contribution is 2.23. The molecule has 0 aliphatic heterocycles. The average Bonchev–Trinajstić information content (AvgIpc) is 2.27. The Morgan fingerprint density at radius 1 is 1.53 bits per heavy atom. The molecule has 0 N–H and O–H groups in total. The molecule has 1 aromatic heterocycles. The smallest absolute Gasteiger partial charge is 0.163 e. The zero-order chi connectivity index (χ0) is 10.8. The number of halogens is 1. The first kappa shape index (κ1) is 10.6. The molecule has 1 aromatic rings. The zero-order valence-corrected chi connectivity index (χ0v) is 10.2. The molecule has 2 nitrogen and oxygen atoms in total. The summed E-state index contributed by atoms with van der Waals surface area (Å²) in [7, 11) is 0. The van der Waals surface area contributed by atoms with Crippen molar-refractivity contribution in [3.63, 3.8) is 0 Å². The van der Waals surface area contributed by atoms with Crippen LogP contribution in [0.2, 0.25) is 0 Å². The van der Waals surface area contributed by atoms with Crippen LogP contribution in [-0.4, -0.2) is 10.8 Å². The van der Waals surface area contributed by atoms with Crippen molar-refractivity contribution in [1.82, 2.24) is 4.98 Å². The molecule has 78 valence electrons. The molecule has 0 aromatic carbocycles. The topological polar surface area (TPSA) is 30.0 Å². The Labute approximate surface area is 97.5 Å². The van der Waals surface area contributed by atoms with Crippen LogP contribution in [-0.2, 0) is 16.5 Å². The van der Waals surface area contributed by atoms with E-state index >= 15 is 0 Å². The molecular formula is C12H12BrNO. The van der Waals surface area contributed by atoms with Gasteiger partial charge in [-0.15, -0.1) is 0 Å². The summed E-state index contributed by atoms with van der Waals surface area (Å²) in [6.07, 6.45) is 5.06. The minimum Gasteiger partial charge on any atom is -0.294 e. The Hall–Kier alpha value is -0.960. The molecule has 0 spiro atoms. The number of alkyl halides is 1. The van der Waals surface area contributed by atoms with Gasteiger partial charge in [0.2, 0.25) is 0 Å². The number of fused-ring (bicyclic) bond motifs is 1. The minimum atomic E-state index is 0.235. The lowest BCUT2D eigenvalue weighted by atomic mass is 9.92.